The highest BCUT2D eigenvalue weighted by atomic mass is 19.4. The highest BCUT2D eigenvalue weighted by Crippen LogP contribution is 2.43. The Morgan fingerprint density at radius 3 is 2.76 bits per heavy atom. The molecule has 4 nitrogen and oxygen atoms in total. The molecule has 0 aromatic carbocycles. The summed E-state index contributed by atoms with van der Waals surface area (Å²) in [6.45, 7) is 3.58. The number of amides is 1. The number of hydrogen-bond donors (Lipinski definition) is 1. The molecule has 1 fully saturated rings. The fraction of sp³-hybridized carbons (Fsp3) is 0.722. The van der Waals surface area contributed by atoms with Gasteiger partial charge in [0.15, 0.2) is 0 Å². The SMILES string of the molecule is CCCC[C@@H]1CCCO[C@@](C(=O)NCc2ccc(C)o2)(C(F)(F)F)C1. The van der Waals surface area contributed by atoms with Crippen LogP contribution in [-0.2, 0) is 16.1 Å². The summed E-state index contributed by atoms with van der Waals surface area (Å²) in [5.41, 5.74) is -2.77. The molecule has 0 saturated carbocycles. The Morgan fingerprint density at radius 2 is 2.16 bits per heavy atom. The number of aryl methyl sites for hydroxylation is 1. The summed E-state index contributed by atoms with van der Waals surface area (Å²) in [6.07, 6.45) is -1.43. The molecule has 1 saturated heterocycles. The average molecular weight is 361 g/mol. The first-order valence-electron chi connectivity index (χ1n) is 8.83. The monoisotopic (exact) mass is 361 g/mol. The van der Waals surface area contributed by atoms with Crippen LogP contribution in [0.5, 0.6) is 0 Å². The molecule has 1 aliphatic rings. The van der Waals surface area contributed by atoms with Gasteiger partial charge in [0, 0.05) is 6.61 Å². The molecule has 1 amide bonds. The third-order valence-electron chi connectivity index (χ3n) is 4.69. The van der Waals surface area contributed by atoms with Crippen LogP contribution in [0.25, 0.3) is 0 Å². The van der Waals surface area contributed by atoms with E-state index in [-0.39, 0.29) is 25.5 Å². The molecule has 2 rings (SSSR count). The molecule has 1 aliphatic heterocycles. The van der Waals surface area contributed by atoms with E-state index in [4.69, 9.17) is 9.15 Å². The van der Waals surface area contributed by atoms with Crippen molar-refractivity contribution in [2.75, 3.05) is 6.61 Å². The van der Waals surface area contributed by atoms with Crippen molar-refractivity contribution in [3.05, 3.63) is 23.7 Å². The van der Waals surface area contributed by atoms with Gasteiger partial charge < -0.3 is 14.5 Å². The molecule has 25 heavy (non-hydrogen) atoms. The summed E-state index contributed by atoms with van der Waals surface area (Å²) >= 11 is 0. The Kier molecular flexibility index (Phi) is 6.54. The third kappa shape index (κ3) is 4.77. The van der Waals surface area contributed by atoms with Crippen molar-refractivity contribution in [1.29, 1.82) is 0 Å². The summed E-state index contributed by atoms with van der Waals surface area (Å²) < 4.78 is 52.0. The van der Waals surface area contributed by atoms with Crippen molar-refractivity contribution < 1.29 is 27.1 Å². The quantitative estimate of drug-likeness (QED) is 0.811. The highest BCUT2D eigenvalue weighted by Gasteiger charge is 2.62. The number of hydrogen-bond acceptors (Lipinski definition) is 3. The maximum Gasteiger partial charge on any atom is 0.426 e. The zero-order chi connectivity index (χ0) is 18.5. The van der Waals surface area contributed by atoms with Gasteiger partial charge in [-0.2, -0.15) is 13.2 Å². The first-order valence-corrected chi connectivity index (χ1v) is 8.83. The maximum atomic E-state index is 13.8. The van der Waals surface area contributed by atoms with E-state index < -0.39 is 17.7 Å². The highest BCUT2D eigenvalue weighted by molar-refractivity contribution is 5.86. The van der Waals surface area contributed by atoms with Gasteiger partial charge in [0.1, 0.15) is 11.5 Å². The smallest absolute Gasteiger partial charge is 0.426 e. The standard InChI is InChI=1S/C18H26F3NO3/c1-3-4-6-14-7-5-10-24-17(11-14,18(19,20)21)16(23)22-12-15-9-8-13(2)25-15/h8-9,14H,3-7,10-12H2,1-2H3,(H,22,23)/t14-,17+/m1/s1. The van der Waals surface area contributed by atoms with Gasteiger partial charge in [0.05, 0.1) is 6.54 Å². The fourth-order valence-electron chi connectivity index (χ4n) is 3.30. The number of carbonyl (C=O) groups is 1. The van der Waals surface area contributed by atoms with Gasteiger partial charge in [-0.1, -0.05) is 26.2 Å². The molecule has 2 atom stereocenters. The van der Waals surface area contributed by atoms with Gasteiger partial charge >= 0.3 is 6.18 Å². The van der Waals surface area contributed by atoms with E-state index in [1.807, 2.05) is 6.92 Å². The van der Waals surface area contributed by atoms with Crippen LogP contribution in [0.15, 0.2) is 16.5 Å². The Labute approximate surface area is 146 Å². The molecule has 0 unspecified atom stereocenters. The van der Waals surface area contributed by atoms with Gasteiger partial charge in [0.2, 0.25) is 5.60 Å². The normalized spacial score (nSPS) is 24.8. The number of furan rings is 1. The molecule has 1 N–H and O–H groups in total. The van der Waals surface area contributed by atoms with E-state index in [1.165, 1.54) is 0 Å². The summed E-state index contributed by atoms with van der Waals surface area (Å²) in [5.74, 6) is -0.238. The largest absolute Gasteiger partial charge is 0.465 e. The number of alkyl halides is 3. The molecule has 2 heterocycles. The molecule has 0 bridgehead atoms. The predicted molar refractivity (Wildman–Crippen MR) is 86.9 cm³/mol. The van der Waals surface area contributed by atoms with Crippen molar-refractivity contribution in [3.63, 3.8) is 0 Å². The minimum absolute atomic E-state index is 0.0601. The average Bonchev–Trinajstić information content (AvgIpc) is 2.83. The lowest BCUT2D eigenvalue weighted by Gasteiger charge is -2.34. The van der Waals surface area contributed by atoms with Gasteiger partial charge in [-0.15, -0.1) is 0 Å². The Bertz CT molecular complexity index is 570. The Balaban J connectivity index is 2.15. The second-order valence-electron chi connectivity index (χ2n) is 6.72. The zero-order valence-corrected chi connectivity index (χ0v) is 14.7. The van der Waals surface area contributed by atoms with Crippen LogP contribution in [0.3, 0.4) is 0 Å². The number of nitrogens with one attached hydrogen (secondary N) is 1. The minimum atomic E-state index is -4.76. The molecule has 0 radical (unpaired) electrons. The van der Waals surface area contributed by atoms with Crippen molar-refractivity contribution >= 4 is 5.91 Å². The number of rotatable bonds is 6. The van der Waals surface area contributed by atoms with E-state index >= 15 is 0 Å². The third-order valence-corrected chi connectivity index (χ3v) is 4.69. The predicted octanol–water partition coefficient (Wildman–Crippen LogP) is 4.51. The van der Waals surface area contributed by atoms with Crippen LogP contribution in [0.1, 0.15) is 57.0 Å². The van der Waals surface area contributed by atoms with Crippen LogP contribution >= 0.6 is 0 Å². The van der Waals surface area contributed by atoms with Gasteiger partial charge in [-0.3, -0.25) is 4.79 Å². The van der Waals surface area contributed by atoms with Crippen molar-refractivity contribution in [1.82, 2.24) is 5.32 Å². The molecular weight excluding hydrogens is 335 g/mol. The number of carbonyl (C=O) groups excluding carboxylic acids is 1. The molecule has 142 valence electrons. The number of ether oxygens (including phenoxy) is 1. The second-order valence-corrected chi connectivity index (χ2v) is 6.72. The van der Waals surface area contributed by atoms with E-state index in [1.54, 1.807) is 19.1 Å². The lowest BCUT2D eigenvalue weighted by Crippen LogP contribution is -2.59. The maximum absolute atomic E-state index is 13.8. The lowest BCUT2D eigenvalue weighted by atomic mass is 9.84. The molecule has 1 aromatic rings. The van der Waals surface area contributed by atoms with Crippen LogP contribution in [0, 0.1) is 12.8 Å². The summed E-state index contributed by atoms with van der Waals surface area (Å²) in [5, 5.41) is 2.36. The zero-order valence-electron chi connectivity index (χ0n) is 14.7. The van der Waals surface area contributed by atoms with Crippen LogP contribution < -0.4 is 5.32 Å². The molecule has 7 heteroatoms. The molecule has 1 aromatic heterocycles. The van der Waals surface area contributed by atoms with Gasteiger partial charge in [-0.05, 0) is 44.2 Å². The summed E-state index contributed by atoms with van der Waals surface area (Å²) in [4.78, 5) is 12.5. The van der Waals surface area contributed by atoms with Crippen molar-refractivity contribution in [2.45, 2.75) is 70.7 Å². The van der Waals surface area contributed by atoms with E-state index in [2.05, 4.69) is 5.32 Å². The minimum Gasteiger partial charge on any atom is -0.465 e. The number of unbranched alkanes of at least 4 members (excludes halogenated alkanes) is 1. The lowest BCUT2D eigenvalue weighted by molar-refractivity contribution is -0.269. The van der Waals surface area contributed by atoms with Crippen LogP contribution in [0.2, 0.25) is 0 Å². The summed E-state index contributed by atoms with van der Waals surface area (Å²) in [6, 6.07) is 3.33. The van der Waals surface area contributed by atoms with Crippen molar-refractivity contribution in [3.8, 4) is 0 Å². The summed E-state index contributed by atoms with van der Waals surface area (Å²) in [7, 11) is 0. The van der Waals surface area contributed by atoms with Crippen LogP contribution in [0.4, 0.5) is 13.2 Å². The Hall–Kier alpha value is -1.50. The van der Waals surface area contributed by atoms with E-state index in [0.29, 0.717) is 30.8 Å². The molecule has 0 aliphatic carbocycles. The van der Waals surface area contributed by atoms with E-state index in [0.717, 1.165) is 12.8 Å². The first-order chi connectivity index (χ1) is 11.8. The Morgan fingerprint density at radius 1 is 1.40 bits per heavy atom. The van der Waals surface area contributed by atoms with Gasteiger partial charge in [-0.25, -0.2) is 0 Å². The first kappa shape index (κ1) is 19.8. The number of halogens is 3. The molecule has 0 spiro atoms. The second kappa shape index (κ2) is 8.25. The molecular formula is C18H26F3NO3. The van der Waals surface area contributed by atoms with Crippen molar-refractivity contribution in [2.24, 2.45) is 5.92 Å². The van der Waals surface area contributed by atoms with E-state index in [9.17, 15) is 18.0 Å². The topological polar surface area (TPSA) is 51.5 Å². The van der Waals surface area contributed by atoms with Gasteiger partial charge in [0.25, 0.3) is 5.91 Å². The van der Waals surface area contributed by atoms with Crippen LogP contribution in [-0.4, -0.2) is 24.3 Å². The fourth-order valence-corrected chi connectivity index (χ4v) is 3.30.